The van der Waals surface area contributed by atoms with E-state index in [2.05, 4.69) is 55.5 Å². The van der Waals surface area contributed by atoms with Gasteiger partial charge >= 0.3 is 0 Å². The number of unbranched alkanes of at least 4 members (excludes halogenated alkanes) is 1. The molecule has 230 valence electrons. The van der Waals surface area contributed by atoms with Crippen LogP contribution in [0.15, 0.2) is 97.1 Å². The summed E-state index contributed by atoms with van der Waals surface area (Å²) in [7, 11) is 0. The van der Waals surface area contributed by atoms with Crippen molar-refractivity contribution in [1.29, 1.82) is 0 Å². The summed E-state index contributed by atoms with van der Waals surface area (Å²) < 4.78 is 12.3. The van der Waals surface area contributed by atoms with Gasteiger partial charge in [0.25, 0.3) is 0 Å². The van der Waals surface area contributed by atoms with Gasteiger partial charge in [-0.3, -0.25) is 0 Å². The van der Waals surface area contributed by atoms with Crippen molar-refractivity contribution >= 4 is 11.4 Å². The monoisotopic (exact) mass is 588 g/mol. The van der Waals surface area contributed by atoms with E-state index in [-0.39, 0.29) is 5.41 Å². The molecule has 4 N–H and O–H groups in total. The van der Waals surface area contributed by atoms with Gasteiger partial charge in [0.15, 0.2) is 0 Å². The van der Waals surface area contributed by atoms with Crippen molar-refractivity contribution in [3.05, 3.63) is 108 Å². The van der Waals surface area contributed by atoms with Crippen LogP contribution >= 0.6 is 0 Å². The number of benzene rings is 4. The molecule has 0 radical (unpaired) electrons. The van der Waals surface area contributed by atoms with Crippen molar-refractivity contribution < 1.29 is 9.47 Å². The molecule has 0 unspecified atom stereocenters. The number of hydrogen-bond acceptors (Lipinski definition) is 4. The highest BCUT2D eigenvalue weighted by Crippen LogP contribution is 2.51. The van der Waals surface area contributed by atoms with E-state index in [1.807, 2.05) is 48.5 Å². The number of anilines is 2. The molecule has 0 aromatic heterocycles. The van der Waals surface area contributed by atoms with Crippen LogP contribution in [0.5, 0.6) is 23.0 Å². The van der Waals surface area contributed by atoms with E-state index in [4.69, 9.17) is 20.9 Å². The normalized spacial score (nSPS) is 20.2. The Morgan fingerprint density at radius 2 is 0.932 bits per heavy atom. The first kappa shape index (κ1) is 30.1. The molecule has 0 bridgehead atoms. The first-order valence-electron chi connectivity index (χ1n) is 16.8. The standard InChI is InChI=1S/C40H48N2O2/c1-2-3-4-29-5-7-30(8-6-29)31-25-27-40(28-26-31,32-9-17-36(18-10-32)43-38-21-13-34(41)14-22-38)33-11-19-37(20-12-33)44-39-23-15-35(42)16-24-39/h9-24,29-31H,2-8,25-28,41-42H2,1H3/t29-,30-. The van der Waals surface area contributed by atoms with Gasteiger partial charge in [-0.15, -0.1) is 0 Å². The van der Waals surface area contributed by atoms with E-state index in [9.17, 15) is 0 Å². The molecule has 0 spiro atoms. The second-order valence-electron chi connectivity index (χ2n) is 13.2. The fourth-order valence-corrected chi connectivity index (χ4v) is 7.82. The average Bonchev–Trinajstić information content (AvgIpc) is 3.07. The van der Waals surface area contributed by atoms with E-state index >= 15 is 0 Å². The van der Waals surface area contributed by atoms with Gasteiger partial charge in [-0.05, 0) is 140 Å². The fraction of sp³-hybridized carbons (Fsp3) is 0.400. The molecule has 2 aliphatic rings. The summed E-state index contributed by atoms with van der Waals surface area (Å²) in [4.78, 5) is 0. The Hall–Kier alpha value is -3.92. The van der Waals surface area contributed by atoms with E-state index in [0.717, 1.165) is 52.1 Å². The summed E-state index contributed by atoms with van der Waals surface area (Å²) >= 11 is 0. The van der Waals surface area contributed by atoms with Crippen LogP contribution in [-0.2, 0) is 5.41 Å². The maximum Gasteiger partial charge on any atom is 0.127 e. The van der Waals surface area contributed by atoms with Crippen molar-refractivity contribution in [3.8, 4) is 23.0 Å². The number of rotatable bonds is 10. The maximum absolute atomic E-state index is 6.14. The second kappa shape index (κ2) is 13.8. The third kappa shape index (κ3) is 7.07. The average molecular weight is 589 g/mol. The molecule has 6 rings (SSSR count). The van der Waals surface area contributed by atoms with E-state index < -0.39 is 0 Å². The Bertz CT molecular complexity index is 1350. The lowest BCUT2D eigenvalue weighted by atomic mass is 9.60. The van der Waals surface area contributed by atoms with Gasteiger partial charge < -0.3 is 20.9 Å². The summed E-state index contributed by atoms with van der Waals surface area (Å²) in [6.45, 7) is 2.32. The summed E-state index contributed by atoms with van der Waals surface area (Å²) in [5.41, 5.74) is 15.9. The van der Waals surface area contributed by atoms with Crippen molar-refractivity contribution in [2.45, 2.75) is 83.0 Å². The Labute approximate surface area is 263 Å². The molecule has 2 fully saturated rings. The van der Waals surface area contributed by atoms with Crippen LogP contribution in [0.4, 0.5) is 11.4 Å². The number of ether oxygens (including phenoxy) is 2. The van der Waals surface area contributed by atoms with Crippen molar-refractivity contribution in [1.82, 2.24) is 0 Å². The Kier molecular flexibility index (Phi) is 9.45. The van der Waals surface area contributed by atoms with Crippen LogP contribution in [0.3, 0.4) is 0 Å². The third-order valence-corrected chi connectivity index (χ3v) is 10.5. The topological polar surface area (TPSA) is 70.5 Å². The Morgan fingerprint density at radius 3 is 1.34 bits per heavy atom. The minimum Gasteiger partial charge on any atom is -0.457 e. The molecule has 0 atom stereocenters. The molecular weight excluding hydrogens is 540 g/mol. The van der Waals surface area contributed by atoms with Crippen LogP contribution in [0.1, 0.15) is 88.7 Å². The molecule has 4 heteroatoms. The summed E-state index contributed by atoms with van der Waals surface area (Å²) in [6.07, 6.45) is 14.8. The number of nitrogen functional groups attached to an aromatic ring is 2. The quantitative estimate of drug-likeness (QED) is 0.181. The molecule has 4 aromatic rings. The molecule has 0 aliphatic heterocycles. The van der Waals surface area contributed by atoms with E-state index in [1.165, 1.54) is 81.8 Å². The minimum absolute atomic E-state index is 0.0196. The second-order valence-corrected chi connectivity index (χ2v) is 13.2. The van der Waals surface area contributed by atoms with Gasteiger partial charge in [0.1, 0.15) is 23.0 Å². The van der Waals surface area contributed by atoms with Crippen molar-refractivity contribution in [2.75, 3.05) is 11.5 Å². The van der Waals surface area contributed by atoms with Crippen LogP contribution in [0.25, 0.3) is 0 Å². The molecule has 0 saturated heterocycles. The Balaban J connectivity index is 1.20. The molecule has 0 heterocycles. The van der Waals surface area contributed by atoms with Gasteiger partial charge in [0.05, 0.1) is 0 Å². The van der Waals surface area contributed by atoms with Crippen LogP contribution < -0.4 is 20.9 Å². The van der Waals surface area contributed by atoms with Gasteiger partial charge in [-0.25, -0.2) is 0 Å². The van der Waals surface area contributed by atoms with Crippen LogP contribution in [-0.4, -0.2) is 0 Å². The molecular formula is C40H48N2O2. The lowest BCUT2D eigenvalue weighted by Crippen LogP contribution is -2.35. The SMILES string of the molecule is CCCC[C@H]1CC[C@H](C2CCC(c3ccc(Oc4ccc(N)cc4)cc3)(c3ccc(Oc4ccc(N)cc4)cc3)CC2)CC1. The highest BCUT2D eigenvalue weighted by atomic mass is 16.5. The highest BCUT2D eigenvalue weighted by molar-refractivity contribution is 5.47. The Morgan fingerprint density at radius 1 is 0.545 bits per heavy atom. The van der Waals surface area contributed by atoms with E-state index in [0.29, 0.717) is 0 Å². The van der Waals surface area contributed by atoms with Crippen molar-refractivity contribution in [3.63, 3.8) is 0 Å². The zero-order chi connectivity index (χ0) is 30.4. The maximum atomic E-state index is 6.14. The first-order chi connectivity index (χ1) is 21.5. The summed E-state index contributed by atoms with van der Waals surface area (Å²) in [5, 5.41) is 0. The fourth-order valence-electron chi connectivity index (χ4n) is 7.82. The lowest BCUT2D eigenvalue weighted by molar-refractivity contribution is 0.140. The van der Waals surface area contributed by atoms with Crippen LogP contribution in [0.2, 0.25) is 0 Å². The predicted molar refractivity (Wildman–Crippen MR) is 182 cm³/mol. The summed E-state index contributed by atoms with van der Waals surface area (Å²) in [6, 6.07) is 32.8. The molecule has 4 aromatic carbocycles. The summed E-state index contributed by atoms with van der Waals surface area (Å²) in [5.74, 6) is 5.99. The predicted octanol–water partition coefficient (Wildman–Crippen LogP) is 10.9. The largest absolute Gasteiger partial charge is 0.457 e. The van der Waals surface area contributed by atoms with Crippen molar-refractivity contribution in [2.24, 2.45) is 17.8 Å². The molecule has 0 amide bonds. The van der Waals surface area contributed by atoms with Gasteiger partial charge in [0, 0.05) is 16.8 Å². The zero-order valence-electron chi connectivity index (χ0n) is 26.2. The van der Waals surface area contributed by atoms with Gasteiger partial charge in [0.2, 0.25) is 0 Å². The molecule has 44 heavy (non-hydrogen) atoms. The zero-order valence-corrected chi connectivity index (χ0v) is 26.2. The number of nitrogens with two attached hydrogens (primary N) is 2. The van der Waals surface area contributed by atoms with E-state index in [1.54, 1.807) is 0 Å². The molecule has 2 saturated carbocycles. The smallest absolute Gasteiger partial charge is 0.127 e. The number of hydrogen-bond donors (Lipinski definition) is 2. The molecule has 4 nitrogen and oxygen atoms in total. The highest BCUT2D eigenvalue weighted by Gasteiger charge is 2.41. The lowest BCUT2D eigenvalue weighted by Gasteiger charge is -2.44. The molecule has 2 aliphatic carbocycles. The van der Waals surface area contributed by atoms with Gasteiger partial charge in [-0.2, -0.15) is 0 Å². The van der Waals surface area contributed by atoms with Crippen LogP contribution in [0, 0.1) is 17.8 Å². The van der Waals surface area contributed by atoms with Gasteiger partial charge in [-0.1, -0.05) is 63.3 Å². The minimum atomic E-state index is -0.0196. The third-order valence-electron chi connectivity index (χ3n) is 10.5. The first-order valence-corrected chi connectivity index (χ1v) is 16.8.